The van der Waals surface area contributed by atoms with E-state index in [4.69, 9.17) is 28.4 Å². The van der Waals surface area contributed by atoms with Crippen molar-refractivity contribution in [3.8, 4) is 0 Å². The fourth-order valence-electron chi connectivity index (χ4n) is 6.69. The van der Waals surface area contributed by atoms with Gasteiger partial charge in [-0.15, -0.1) is 0 Å². The van der Waals surface area contributed by atoms with E-state index in [2.05, 4.69) is 32.6 Å². The van der Waals surface area contributed by atoms with Crippen molar-refractivity contribution in [1.82, 2.24) is 4.90 Å². The Hall–Kier alpha value is -2.66. The summed E-state index contributed by atoms with van der Waals surface area (Å²) in [6.45, 7) is 14.0. The van der Waals surface area contributed by atoms with Gasteiger partial charge < -0.3 is 33.3 Å². The topological polar surface area (TPSA) is 127 Å². The summed E-state index contributed by atoms with van der Waals surface area (Å²) >= 11 is 0. The third-order valence-corrected chi connectivity index (χ3v) is 10.6. The average molecular weight is 823 g/mol. The zero-order chi connectivity index (χ0) is 42.5. The molecule has 0 aromatic carbocycles. The van der Waals surface area contributed by atoms with Crippen molar-refractivity contribution in [2.75, 3.05) is 52.7 Å². The third kappa shape index (κ3) is 32.2. The molecule has 337 valence electrons. The molecule has 58 heavy (non-hydrogen) atoms. The second kappa shape index (κ2) is 37.3. The van der Waals surface area contributed by atoms with Crippen LogP contribution >= 0.6 is 0 Å². The largest absolute Gasteiger partial charge is 0.508 e. The van der Waals surface area contributed by atoms with Crippen LogP contribution < -0.4 is 0 Å². The molecule has 0 fully saturated rings. The molecule has 0 saturated heterocycles. The number of carbonyl (C=O) groups is 4. The summed E-state index contributed by atoms with van der Waals surface area (Å²) in [5, 5.41) is 0. The van der Waals surface area contributed by atoms with Gasteiger partial charge in [0.05, 0.1) is 24.7 Å². The lowest BCUT2D eigenvalue weighted by Gasteiger charge is -2.19. The van der Waals surface area contributed by atoms with Crippen LogP contribution in [0, 0.1) is 12.3 Å². The maximum Gasteiger partial charge on any atom is 0.508 e. The van der Waals surface area contributed by atoms with Crippen LogP contribution in [0.5, 0.6) is 0 Å². The Balaban J connectivity index is 2.38. The molecular weight excluding hydrogens is 739 g/mol. The first-order valence-electron chi connectivity index (χ1n) is 23.4. The minimum absolute atomic E-state index is 0.0325. The standard InChI is InChI=1S/C47H84NO10/c1-6-10-12-14-16-18-22-27-40(5)58-46(51)29-24-20-17-19-23-28-44(49)55-37-41(39-57-47(52)54-36-26-34-48(8-3)9-4)38-56-45(50)33-32-43(42-30-31-42)53-35-25-21-15-13-11-7-2/h30-31,40-41,43H,6-29,32-39H2,1-5H3. The average Bonchev–Trinajstić information content (AvgIpc) is 4.06. The van der Waals surface area contributed by atoms with Crippen molar-refractivity contribution in [1.29, 1.82) is 0 Å². The van der Waals surface area contributed by atoms with Crippen LogP contribution in [0.1, 0.15) is 189 Å². The monoisotopic (exact) mass is 823 g/mol. The van der Waals surface area contributed by atoms with Gasteiger partial charge in [-0.2, -0.15) is 0 Å². The molecule has 0 aromatic rings. The van der Waals surface area contributed by atoms with Gasteiger partial charge in [0.15, 0.2) is 0 Å². The Kier molecular flexibility index (Phi) is 34.4. The van der Waals surface area contributed by atoms with E-state index in [1.165, 1.54) is 64.2 Å². The predicted molar refractivity (Wildman–Crippen MR) is 230 cm³/mol. The Labute approximate surface area is 353 Å². The molecule has 1 aliphatic rings. The predicted octanol–water partition coefficient (Wildman–Crippen LogP) is 11.0. The number of esters is 3. The highest BCUT2D eigenvalue weighted by molar-refractivity contribution is 5.70. The molecule has 0 heterocycles. The van der Waals surface area contributed by atoms with Crippen LogP contribution in [0.25, 0.3) is 0 Å². The molecule has 0 aliphatic heterocycles. The molecule has 1 radical (unpaired) electrons. The fraction of sp³-hybridized carbons (Fsp3) is 0.851. The van der Waals surface area contributed by atoms with E-state index in [1.807, 2.05) is 19.4 Å². The molecule has 0 spiro atoms. The Bertz CT molecular complexity index is 1080. The summed E-state index contributed by atoms with van der Waals surface area (Å²) in [7, 11) is 0. The highest BCUT2D eigenvalue weighted by Crippen LogP contribution is 2.27. The van der Waals surface area contributed by atoms with Crippen LogP contribution in [-0.2, 0) is 42.8 Å². The number of hydrogen-bond donors (Lipinski definition) is 0. The quantitative estimate of drug-likeness (QED) is 0.0332. The van der Waals surface area contributed by atoms with E-state index >= 15 is 0 Å². The van der Waals surface area contributed by atoms with Gasteiger partial charge in [0.25, 0.3) is 0 Å². The molecule has 0 N–H and O–H groups in total. The molecule has 0 aromatic heterocycles. The van der Waals surface area contributed by atoms with Crippen molar-refractivity contribution in [2.45, 2.75) is 201 Å². The third-order valence-electron chi connectivity index (χ3n) is 10.6. The second-order valence-corrected chi connectivity index (χ2v) is 16.0. The number of rotatable bonds is 41. The normalized spacial score (nSPS) is 13.7. The van der Waals surface area contributed by atoms with Gasteiger partial charge >= 0.3 is 24.1 Å². The lowest BCUT2D eigenvalue weighted by molar-refractivity contribution is -0.151. The lowest BCUT2D eigenvalue weighted by atomic mass is 10.1. The minimum Gasteiger partial charge on any atom is -0.465 e. The maximum atomic E-state index is 12.8. The second-order valence-electron chi connectivity index (χ2n) is 16.0. The zero-order valence-electron chi connectivity index (χ0n) is 37.5. The highest BCUT2D eigenvalue weighted by Gasteiger charge is 2.24. The SMILES string of the molecule is CCCCCCCCCC(C)OC(=O)CCCCCCCC(=O)OCC(COC(=O)CCC(OCCCCCCCC)C1=C[CH]1)COC(=O)OCCCN(CC)CC. The van der Waals surface area contributed by atoms with Gasteiger partial charge in [-0.3, -0.25) is 14.4 Å². The first-order chi connectivity index (χ1) is 28.2. The minimum atomic E-state index is -0.798. The van der Waals surface area contributed by atoms with Crippen LogP contribution in [-0.4, -0.2) is 93.8 Å². The number of allylic oxidation sites excluding steroid dienone is 1. The van der Waals surface area contributed by atoms with E-state index in [0.29, 0.717) is 32.3 Å². The summed E-state index contributed by atoms with van der Waals surface area (Å²) < 4.78 is 33.4. The first-order valence-corrected chi connectivity index (χ1v) is 23.4. The molecule has 0 amide bonds. The molecule has 1 aliphatic carbocycles. The number of nitrogens with zero attached hydrogens (tertiary/aromatic N) is 1. The van der Waals surface area contributed by atoms with Crippen LogP contribution in [0.4, 0.5) is 4.79 Å². The summed E-state index contributed by atoms with van der Waals surface area (Å²) in [4.78, 5) is 52.2. The van der Waals surface area contributed by atoms with Crippen molar-refractivity contribution < 1.29 is 47.6 Å². The first kappa shape index (κ1) is 53.4. The molecule has 11 nitrogen and oxygen atoms in total. The van der Waals surface area contributed by atoms with Crippen molar-refractivity contribution in [3.05, 3.63) is 18.1 Å². The Morgan fingerprint density at radius 2 is 1.07 bits per heavy atom. The van der Waals surface area contributed by atoms with Gasteiger partial charge in [-0.25, -0.2) is 4.79 Å². The summed E-state index contributed by atoms with van der Waals surface area (Å²) in [6, 6.07) is 0. The molecule has 3 atom stereocenters. The van der Waals surface area contributed by atoms with Gasteiger partial charge in [-0.05, 0) is 70.5 Å². The van der Waals surface area contributed by atoms with E-state index in [-0.39, 0.29) is 69.4 Å². The van der Waals surface area contributed by atoms with E-state index < -0.39 is 12.1 Å². The molecule has 11 heteroatoms. The van der Waals surface area contributed by atoms with Crippen LogP contribution in [0.15, 0.2) is 11.6 Å². The molecule has 1 rings (SSSR count). The van der Waals surface area contributed by atoms with E-state index in [9.17, 15) is 19.2 Å². The summed E-state index contributed by atoms with van der Waals surface area (Å²) in [5.74, 6) is -1.39. The number of ether oxygens (including phenoxy) is 6. The number of hydrogen-bond acceptors (Lipinski definition) is 11. The molecule has 0 saturated carbocycles. The van der Waals surface area contributed by atoms with Crippen LogP contribution in [0.2, 0.25) is 0 Å². The van der Waals surface area contributed by atoms with Gasteiger partial charge in [0, 0.05) is 38.8 Å². The summed E-state index contributed by atoms with van der Waals surface area (Å²) in [5.41, 5.74) is 1.12. The maximum absolute atomic E-state index is 12.8. The smallest absolute Gasteiger partial charge is 0.465 e. The van der Waals surface area contributed by atoms with Crippen molar-refractivity contribution in [3.63, 3.8) is 0 Å². The van der Waals surface area contributed by atoms with Crippen LogP contribution in [0.3, 0.4) is 0 Å². The summed E-state index contributed by atoms with van der Waals surface area (Å²) in [6.07, 6.45) is 26.1. The molecule has 3 unspecified atom stereocenters. The number of carbonyl (C=O) groups excluding carboxylic acids is 4. The van der Waals surface area contributed by atoms with E-state index in [1.54, 1.807) is 0 Å². The molecule has 0 bridgehead atoms. The van der Waals surface area contributed by atoms with E-state index in [0.717, 1.165) is 76.6 Å². The lowest BCUT2D eigenvalue weighted by Crippen LogP contribution is -2.27. The van der Waals surface area contributed by atoms with Gasteiger partial charge in [0.1, 0.15) is 19.8 Å². The number of unbranched alkanes of at least 4 members (excludes halogenated alkanes) is 15. The van der Waals surface area contributed by atoms with Crippen molar-refractivity contribution >= 4 is 24.1 Å². The van der Waals surface area contributed by atoms with Gasteiger partial charge in [0.2, 0.25) is 0 Å². The zero-order valence-corrected chi connectivity index (χ0v) is 37.5. The fourth-order valence-corrected chi connectivity index (χ4v) is 6.69. The van der Waals surface area contributed by atoms with Crippen molar-refractivity contribution in [2.24, 2.45) is 5.92 Å². The molecular formula is C47H84NO10. The highest BCUT2D eigenvalue weighted by atomic mass is 16.7. The van der Waals surface area contributed by atoms with Gasteiger partial charge in [-0.1, -0.05) is 124 Å². The Morgan fingerprint density at radius 3 is 1.66 bits per heavy atom. The Morgan fingerprint density at radius 1 is 0.552 bits per heavy atom.